The van der Waals surface area contributed by atoms with Gasteiger partial charge in [0.05, 0.1) is 7.11 Å². The average Bonchev–Trinajstić information content (AvgIpc) is 2.46. The van der Waals surface area contributed by atoms with Crippen LogP contribution in [0.2, 0.25) is 5.02 Å². The fourth-order valence-electron chi connectivity index (χ4n) is 1.69. The van der Waals surface area contributed by atoms with Gasteiger partial charge in [0.2, 0.25) is 0 Å². The van der Waals surface area contributed by atoms with Crippen LogP contribution in [0.4, 0.5) is 0 Å². The maximum atomic E-state index is 6.09. The molecule has 0 heterocycles. The highest BCUT2D eigenvalue weighted by Crippen LogP contribution is 2.30. The Morgan fingerprint density at radius 1 is 1.05 bits per heavy atom. The van der Waals surface area contributed by atoms with E-state index in [9.17, 15) is 0 Å². The van der Waals surface area contributed by atoms with E-state index in [-0.39, 0.29) is 0 Å². The maximum Gasteiger partial charge on any atom is 0.161 e. The van der Waals surface area contributed by atoms with Gasteiger partial charge in [0.1, 0.15) is 6.61 Å². The Hall–Kier alpha value is -1.38. The van der Waals surface area contributed by atoms with E-state index in [1.807, 2.05) is 42.5 Å². The first-order valence-corrected chi connectivity index (χ1v) is 6.75. The van der Waals surface area contributed by atoms with Crippen molar-refractivity contribution >= 4 is 23.2 Å². The summed E-state index contributed by atoms with van der Waals surface area (Å²) >= 11 is 11.9. The Morgan fingerprint density at radius 2 is 1.84 bits per heavy atom. The first-order valence-electron chi connectivity index (χ1n) is 5.83. The number of benzene rings is 2. The number of rotatable bonds is 5. The molecule has 0 fully saturated rings. The van der Waals surface area contributed by atoms with E-state index in [2.05, 4.69) is 0 Å². The number of halogens is 2. The molecule has 0 aliphatic carbocycles. The van der Waals surface area contributed by atoms with Crippen LogP contribution in [0.25, 0.3) is 0 Å². The number of ether oxygens (including phenoxy) is 2. The molecular formula is C15H14Cl2O2. The van der Waals surface area contributed by atoms with Crippen molar-refractivity contribution < 1.29 is 9.47 Å². The molecule has 0 saturated heterocycles. The molecule has 2 rings (SSSR count). The third-order valence-corrected chi connectivity index (χ3v) is 3.40. The molecule has 0 aliphatic heterocycles. The van der Waals surface area contributed by atoms with Gasteiger partial charge in [-0.25, -0.2) is 0 Å². The summed E-state index contributed by atoms with van der Waals surface area (Å²) in [6, 6.07) is 13.2. The Morgan fingerprint density at radius 3 is 2.53 bits per heavy atom. The van der Waals surface area contributed by atoms with Crippen molar-refractivity contribution in [2.45, 2.75) is 12.5 Å². The highest BCUT2D eigenvalue weighted by Gasteiger charge is 2.07. The normalized spacial score (nSPS) is 10.3. The molecule has 2 aromatic rings. The summed E-state index contributed by atoms with van der Waals surface area (Å²) in [6.07, 6.45) is 0. The predicted molar refractivity (Wildman–Crippen MR) is 78.3 cm³/mol. The van der Waals surface area contributed by atoms with Crippen molar-refractivity contribution in [2.24, 2.45) is 0 Å². The summed E-state index contributed by atoms with van der Waals surface area (Å²) in [5.74, 6) is 1.79. The quantitative estimate of drug-likeness (QED) is 0.747. The molecule has 0 unspecified atom stereocenters. The number of hydrogen-bond donors (Lipinski definition) is 0. The van der Waals surface area contributed by atoms with Crippen LogP contribution in [0, 0.1) is 0 Å². The predicted octanol–water partition coefficient (Wildman–Crippen LogP) is 4.67. The molecule has 4 heteroatoms. The summed E-state index contributed by atoms with van der Waals surface area (Å²) in [5, 5.41) is 0.690. The van der Waals surface area contributed by atoms with E-state index in [0.29, 0.717) is 29.0 Å². The molecule has 0 saturated carbocycles. The van der Waals surface area contributed by atoms with E-state index in [1.54, 1.807) is 7.11 Å². The highest BCUT2D eigenvalue weighted by atomic mass is 35.5. The van der Waals surface area contributed by atoms with Gasteiger partial charge in [0.15, 0.2) is 11.5 Å². The zero-order chi connectivity index (χ0) is 13.7. The monoisotopic (exact) mass is 296 g/mol. The summed E-state index contributed by atoms with van der Waals surface area (Å²) in [7, 11) is 1.61. The molecule has 0 spiro atoms. The fourth-order valence-corrected chi connectivity index (χ4v) is 2.04. The second-order valence-corrected chi connectivity index (χ2v) is 4.67. The van der Waals surface area contributed by atoms with Gasteiger partial charge in [0.25, 0.3) is 0 Å². The van der Waals surface area contributed by atoms with Crippen molar-refractivity contribution in [1.29, 1.82) is 0 Å². The molecule has 19 heavy (non-hydrogen) atoms. The minimum Gasteiger partial charge on any atom is -0.493 e. The van der Waals surface area contributed by atoms with Gasteiger partial charge in [-0.3, -0.25) is 0 Å². The van der Waals surface area contributed by atoms with Crippen molar-refractivity contribution in [2.75, 3.05) is 7.11 Å². The highest BCUT2D eigenvalue weighted by molar-refractivity contribution is 6.31. The van der Waals surface area contributed by atoms with E-state index >= 15 is 0 Å². The molecule has 0 amide bonds. The van der Waals surface area contributed by atoms with Gasteiger partial charge in [-0.15, -0.1) is 11.6 Å². The van der Waals surface area contributed by atoms with E-state index in [0.717, 1.165) is 11.1 Å². The fraction of sp³-hybridized carbons (Fsp3) is 0.200. The summed E-state index contributed by atoms with van der Waals surface area (Å²) < 4.78 is 11.0. The largest absolute Gasteiger partial charge is 0.493 e. The van der Waals surface area contributed by atoms with Gasteiger partial charge in [0, 0.05) is 16.5 Å². The maximum absolute atomic E-state index is 6.09. The summed E-state index contributed by atoms with van der Waals surface area (Å²) in [4.78, 5) is 0. The van der Waals surface area contributed by atoms with Crippen LogP contribution in [0.3, 0.4) is 0 Å². The lowest BCUT2D eigenvalue weighted by Gasteiger charge is -2.12. The van der Waals surface area contributed by atoms with Crippen LogP contribution in [0.1, 0.15) is 11.1 Å². The van der Waals surface area contributed by atoms with Gasteiger partial charge < -0.3 is 9.47 Å². The van der Waals surface area contributed by atoms with Gasteiger partial charge in [-0.1, -0.05) is 35.9 Å². The van der Waals surface area contributed by atoms with Crippen molar-refractivity contribution in [3.05, 3.63) is 58.6 Å². The standard InChI is InChI=1S/C15H14Cl2O2/c1-18-14-7-6-11(9-16)8-15(14)19-10-12-4-2-3-5-13(12)17/h2-8H,9-10H2,1H3. The van der Waals surface area contributed by atoms with E-state index < -0.39 is 0 Å². The lowest BCUT2D eigenvalue weighted by molar-refractivity contribution is 0.284. The second kappa shape index (κ2) is 6.69. The van der Waals surface area contributed by atoms with Crippen molar-refractivity contribution in [3.63, 3.8) is 0 Å². The topological polar surface area (TPSA) is 18.5 Å². The van der Waals surface area contributed by atoms with Crippen LogP contribution >= 0.6 is 23.2 Å². The molecule has 2 nitrogen and oxygen atoms in total. The van der Waals surface area contributed by atoms with Gasteiger partial charge in [-0.2, -0.15) is 0 Å². The molecule has 0 atom stereocenters. The van der Waals surface area contributed by atoms with Crippen molar-refractivity contribution in [3.8, 4) is 11.5 Å². The molecular weight excluding hydrogens is 283 g/mol. The van der Waals surface area contributed by atoms with Crippen LogP contribution in [-0.4, -0.2) is 7.11 Å². The van der Waals surface area contributed by atoms with Crippen LogP contribution in [0.15, 0.2) is 42.5 Å². The Labute approximate surface area is 122 Å². The molecule has 100 valence electrons. The Bertz CT molecular complexity index is 556. The SMILES string of the molecule is COc1ccc(CCl)cc1OCc1ccccc1Cl. The van der Waals surface area contributed by atoms with Crippen LogP contribution in [0.5, 0.6) is 11.5 Å². The smallest absolute Gasteiger partial charge is 0.161 e. The first kappa shape index (κ1) is 14.0. The number of alkyl halides is 1. The zero-order valence-electron chi connectivity index (χ0n) is 10.5. The Kier molecular flexibility index (Phi) is 4.94. The first-order chi connectivity index (χ1) is 9.24. The third-order valence-electron chi connectivity index (χ3n) is 2.72. The average molecular weight is 297 g/mol. The number of hydrogen-bond acceptors (Lipinski definition) is 2. The van der Waals surface area contributed by atoms with E-state index in [1.165, 1.54) is 0 Å². The number of methoxy groups -OCH3 is 1. The molecule has 0 N–H and O–H groups in total. The summed E-state index contributed by atoms with van der Waals surface area (Å²) in [6.45, 7) is 0.391. The molecule has 0 bridgehead atoms. The van der Waals surface area contributed by atoms with Gasteiger partial charge in [-0.05, 0) is 23.8 Å². The van der Waals surface area contributed by atoms with Gasteiger partial charge >= 0.3 is 0 Å². The second-order valence-electron chi connectivity index (χ2n) is 4.00. The van der Waals surface area contributed by atoms with Crippen molar-refractivity contribution in [1.82, 2.24) is 0 Å². The van der Waals surface area contributed by atoms with E-state index in [4.69, 9.17) is 32.7 Å². The Balaban J connectivity index is 2.16. The van der Waals surface area contributed by atoms with Crippen LogP contribution < -0.4 is 9.47 Å². The third kappa shape index (κ3) is 3.55. The zero-order valence-corrected chi connectivity index (χ0v) is 12.0. The van der Waals surface area contributed by atoms with Crippen LogP contribution in [-0.2, 0) is 12.5 Å². The molecule has 0 radical (unpaired) electrons. The minimum absolute atomic E-state index is 0.391. The molecule has 0 aromatic heterocycles. The molecule has 2 aromatic carbocycles. The lowest BCUT2D eigenvalue weighted by Crippen LogP contribution is -1.99. The minimum atomic E-state index is 0.391. The molecule has 0 aliphatic rings. The lowest BCUT2D eigenvalue weighted by atomic mass is 10.2. The summed E-state index contributed by atoms with van der Waals surface area (Å²) in [5.41, 5.74) is 1.92.